The van der Waals surface area contributed by atoms with Crippen molar-refractivity contribution in [1.82, 2.24) is 4.98 Å². The topological polar surface area (TPSA) is 32.9 Å². The van der Waals surface area contributed by atoms with Crippen molar-refractivity contribution in [2.24, 2.45) is 5.92 Å². The van der Waals surface area contributed by atoms with Gasteiger partial charge in [-0.15, -0.1) is 11.6 Å². The number of halogens is 2. The second-order valence-electron chi connectivity index (χ2n) is 6.55. The molecule has 4 heteroatoms. The molecule has 126 valence electrons. The quantitative estimate of drug-likeness (QED) is 0.439. The third-order valence-electron chi connectivity index (χ3n) is 5.09. The van der Waals surface area contributed by atoms with Crippen molar-refractivity contribution in [2.75, 3.05) is 0 Å². The van der Waals surface area contributed by atoms with Crippen LogP contribution in [0.15, 0.2) is 36.4 Å². The van der Waals surface area contributed by atoms with Crippen LogP contribution in [-0.2, 0) is 4.87 Å². The van der Waals surface area contributed by atoms with Crippen LogP contribution in [0.1, 0.15) is 52.1 Å². The number of nitrogens with one attached hydrogen (secondary N) is 1. The van der Waals surface area contributed by atoms with Gasteiger partial charge in [-0.1, -0.05) is 24.3 Å². The fourth-order valence-corrected chi connectivity index (χ4v) is 4.08. The van der Waals surface area contributed by atoms with E-state index in [1.54, 1.807) is 0 Å². The summed E-state index contributed by atoms with van der Waals surface area (Å²) >= 11 is 7.06. The van der Waals surface area contributed by atoms with Gasteiger partial charge in [0.2, 0.25) is 0 Å². The van der Waals surface area contributed by atoms with E-state index in [4.69, 9.17) is 11.6 Å². The van der Waals surface area contributed by atoms with E-state index < -0.39 is 4.87 Å². The van der Waals surface area contributed by atoms with Gasteiger partial charge >= 0.3 is 0 Å². The number of aldehydes is 1. The van der Waals surface area contributed by atoms with Gasteiger partial charge < -0.3 is 4.98 Å². The van der Waals surface area contributed by atoms with Gasteiger partial charge in [0.1, 0.15) is 10.7 Å². The maximum absolute atomic E-state index is 13.2. The second kappa shape index (κ2) is 6.21. The summed E-state index contributed by atoms with van der Waals surface area (Å²) in [6, 6.07) is 6.60. The molecule has 1 fully saturated rings. The molecule has 0 radical (unpaired) electrons. The van der Waals surface area contributed by atoms with Crippen molar-refractivity contribution >= 4 is 17.9 Å². The molecular weight excluding hydrogens is 325 g/mol. The largest absolute Gasteiger partial charge is 0.360 e. The first-order valence-corrected chi connectivity index (χ1v) is 8.53. The summed E-state index contributed by atoms with van der Waals surface area (Å²) in [5.74, 6) is 0.195. The number of hydrogen-bond donors (Lipinski definition) is 1. The Morgan fingerprint density at radius 3 is 2.54 bits per heavy atom. The predicted octanol–water partition coefficient (Wildman–Crippen LogP) is 5.40. The Kier molecular flexibility index (Phi) is 4.39. The minimum absolute atomic E-state index is 0.164. The van der Waals surface area contributed by atoms with E-state index >= 15 is 0 Å². The number of benzene rings is 1. The number of aromatic nitrogens is 1. The highest BCUT2D eigenvalue weighted by atomic mass is 35.5. The minimum Gasteiger partial charge on any atom is -0.360 e. The molecule has 1 saturated carbocycles. The highest BCUT2D eigenvalue weighted by molar-refractivity contribution is 6.26. The second-order valence-corrected chi connectivity index (χ2v) is 7.18. The Bertz CT molecular complexity index is 793. The number of aromatic amines is 1. The molecule has 0 bridgehead atoms. The van der Waals surface area contributed by atoms with Crippen LogP contribution in [0.25, 0.3) is 0 Å². The first-order valence-electron chi connectivity index (χ1n) is 8.15. The van der Waals surface area contributed by atoms with Crippen LogP contribution in [0.4, 0.5) is 4.39 Å². The molecule has 1 N–H and O–H groups in total. The summed E-state index contributed by atoms with van der Waals surface area (Å²) in [4.78, 5) is 14.2. The fourth-order valence-electron chi connectivity index (χ4n) is 3.56. The van der Waals surface area contributed by atoms with Crippen molar-refractivity contribution < 1.29 is 9.18 Å². The van der Waals surface area contributed by atoms with Gasteiger partial charge in [0.15, 0.2) is 6.29 Å². The van der Waals surface area contributed by atoms with E-state index in [2.05, 4.69) is 4.98 Å². The van der Waals surface area contributed by atoms with Crippen molar-refractivity contribution in [1.29, 1.82) is 0 Å². The van der Waals surface area contributed by atoms with Gasteiger partial charge in [-0.25, -0.2) is 4.39 Å². The maximum atomic E-state index is 13.2. The molecule has 1 aliphatic carbocycles. The Morgan fingerprint density at radius 1 is 1.29 bits per heavy atom. The maximum Gasteiger partial charge on any atom is 0.152 e. The smallest absolute Gasteiger partial charge is 0.152 e. The third kappa shape index (κ3) is 2.71. The fraction of sp³-hybridized carbons (Fsp3) is 0.350. The standard InChI is InChI=1S/C20H21ClFNO/c1-4-9-20(21,19-17(11-24)12(2)13(3)23-19)18-10-16(18)14-5-7-15(22)8-6-14/h4-9,11,16,18,23H,10H2,1-3H3. The van der Waals surface area contributed by atoms with Crippen molar-refractivity contribution in [3.8, 4) is 0 Å². The Hall–Kier alpha value is -1.87. The number of carbonyl (C=O) groups excluding carboxylic acids is 1. The zero-order valence-electron chi connectivity index (χ0n) is 14.1. The highest BCUT2D eigenvalue weighted by Crippen LogP contribution is 2.60. The molecule has 1 aromatic carbocycles. The average Bonchev–Trinajstić information content (AvgIpc) is 3.31. The van der Waals surface area contributed by atoms with Crippen molar-refractivity contribution in [3.05, 3.63) is 70.3 Å². The molecule has 24 heavy (non-hydrogen) atoms. The summed E-state index contributed by atoms with van der Waals surface area (Å²) in [7, 11) is 0. The lowest BCUT2D eigenvalue weighted by molar-refractivity contribution is 0.112. The summed E-state index contributed by atoms with van der Waals surface area (Å²) in [5.41, 5.74) is 4.39. The number of H-pyrrole nitrogens is 1. The molecule has 2 nitrogen and oxygen atoms in total. The van der Waals surface area contributed by atoms with E-state index in [1.807, 2.05) is 45.1 Å². The van der Waals surface area contributed by atoms with Crippen LogP contribution >= 0.6 is 11.6 Å². The number of hydrogen-bond acceptors (Lipinski definition) is 1. The Labute approximate surface area is 146 Å². The van der Waals surface area contributed by atoms with Gasteiger partial charge in [-0.05, 0) is 62.3 Å². The van der Waals surface area contributed by atoms with E-state index in [1.165, 1.54) is 12.1 Å². The van der Waals surface area contributed by atoms with Crippen LogP contribution in [0.5, 0.6) is 0 Å². The summed E-state index contributed by atoms with van der Waals surface area (Å²) in [6.07, 6.45) is 5.67. The average molecular weight is 346 g/mol. The lowest BCUT2D eigenvalue weighted by atomic mass is 9.91. The summed E-state index contributed by atoms with van der Waals surface area (Å²) < 4.78 is 13.2. The lowest BCUT2D eigenvalue weighted by Gasteiger charge is -2.24. The molecule has 1 aromatic heterocycles. The Balaban J connectivity index is 2.00. The third-order valence-corrected chi connectivity index (χ3v) is 5.68. The molecule has 0 aliphatic heterocycles. The van der Waals surface area contributed by atoms with E-state index in [0.29, 0.717) is 5.56 Å². The normalized spacial score (nSPS) is 22.5. The zero-order valence-corrected chi connectivity index (χ0v) is 14.8. The molecule has 0 saturated heterocycles. The molecule has 3 unspecified atom stereocenters. The van der Waals surface area contributed by atoms with E-state index in [0.717, 1.165) is 35.2 Å². The van der Waals surface area contributed by atoms with Crippen molar-refractivity contribution in [3.63, 3.8) is 0 Å². The number of carbonyl (C=O) groups is 1. The highest BCUT2D eigenvalue weighted by Gasteiger charge is 2.53. The van der Waals surface area contributed by atoms with Crippen LogP contribution < -0.4 is 0 Å². The molecule has 1 heterocycles. The van der Waals surface area contributed by atoms with Crippen LogP contribution in [-0.4, -0.2) is 11.3 Å². The first-order chi connectivity index (χ1) is 11.4. The lowest BCUT2D eigenvalue weighted by Crippen LogP contribution is -2.22. The van der Waals surface area contributed by atoms with Gasteiger partial charge in [0.25, 0.3) is 0 Å². The van der Waals surface area contributed by atoms with Gasteiger partial charge in [-0.2, -0.15) is 0 Å². The Morgan fingerprint density at radius 2 is 1.96 bits per heavy atom. The molecular formula is C20H21ClFNO. The van der Waals surface area contributed by atoms with E-state index in [9.17, 15) is 9.18 Å². The molecule has 3 atom stereocenters. The van der Waals surface area contributed by atoms with Gasteiger partial charge in [0.05, 0.1) is 5.69 Å². The van der Waals surface area contributed by atoms with Crippen LogP contribution in [0.2, 0.25) is 0 Å². The number of alkyl halides is 1. The number of allylic oxidation sites excluding steroid dienone is 2. The van der Waals surface area contributed by atoms with Crippen LogP contribution in [0.3, 0.4) is 0 Å². The summed E-state index contributed by atoms with van der Waals surface area (Å²) in [5, 5.41) is 0. The van der Waals surface area contributed by atoms with Crippen LogP contribution in [0, 0.1) is 25.6 Å². The zero-order chi connectivity index (χ0) is 17.5. The number of aryl methyl sites for hydroxylation is 1. The first kappa shape index (κ1) is 17.0. The molecule has 0 spiro atoms. The monoisotopic (exact) mass is 345 g/mol. The molecule has 0 amide bonds. The van der Waals surface area contributed by atoms with Gasteiger partial charge in [0, 0.05) is 11.3 Å². The van der Waals surface area contributed by atoms with Gasteiger partial charge in [-0.3, -0.25) is 4.79 Å². The minimum atomic E-state index is -0.761. The molecule has 2 aromatic rings. The predicted molar refractivity (Wildman–Crippen MR) is 95.2 cm³/mol. The molecule has 3 rings (SSSR count). The number of rotatable bonds is 5. The summed E-state index contributed by atoms with van der Waals surface area (Å²) in [6.45, 7) is 5.80. The van der Waals surface area contributed by atoms with Crippen molar-refractivity contribution in [2.45, 2.75) is 38.0 Å². The van der Waals surface area contributed by atoms with E-state index in [-0.39, 0.29) is 17.7 Å². The SMILES string of the molecule is CC=CC(Cl)(c1[nH]c(C)c(C)c1C=O)C1CC1c1ccc(F)cc1. The molecule has 1 aliphatic rings.